The van der Waals surface area contributed by atoms with Gasteiger partial charge in [0.2, 0.25) is 0 Å². The van der Waals surface area contributed by atoms with Crippen LogP contribution in [0.15, 0.2) is 36.0 Å². The quantitative estimate of drug-likeness (QED) is 0.515. The third-order valence-electron chi connectivity index (χ3n) is 1.45. The molecule has 9 heavy (non-hydrogen) atoms. The van der Waals surface area contributed by atoms with E-state index in [2.05, 4.69) is 6.58 Å². The molecule has 0 radical (unpaired) electrons. The van der Waals surface area contributed by atoms with Crippen molar-refractivity contribution in [3.8, 4) is 0 Å². The van der Waals surface area contributed by atoms with E-state index in [1.165, 1.54) is 0 Å². The second-order valence-electron chi connectivity index (χ2n) is 2.25. The molecule has 1 heteroatoms. The second-order valence-corrected chi connectivity index (χ2v) is 2.25. The Hall–Kier alpha value is -0.820. The Kier molecular flexibility index (Phi) is 1.54. The van der Waals surface area contributed by atoms with Crippen molar-refractivity contribution in [2.75, 3.05) is 0 Å². The lowest BCUT2D eigenvalue weighted by atomic mass is 10.00. The summed E-state index contributed by atoms with van der Waals surface area (Å²) < 4.78 is 0. The summed E-state index contributed by atoms with van der Waals surface area (Å²) in [4.78, 5) is 0. The monoisotopic (exact) mass is 122 g/mol. The maximum atomic E-state index is 9.23. The maximum Gasteiger partial charge on any atom is 0.0995 e. The van der Waals surface area contributed by atoms with Crippen LogP contribution in [-0.4, -0.2) is 11.2 Å². The zero-order valence-electron chi connectivity index (χ0n) is 5.46. The van der Waals surface area contributed by atoms with Crippen LogP contribution in [0.5, 0.6) is 0 Å². The molecule has 0 aromatic carbocycles. The van der Waals surface area contributed by atoms with Crippen molar-refractivity contribution in [2.45, 2.75) is 13.0 Å². The standard InChI is InChI=1S/C8H10O/c1-6-4-3-5-7(2)8(6)9/h3-5,8-9H,1H2,2H3. The van der Waals surface area contributed by atoms with E-state index in [-0.39, 0.29) is 0 Å². The van der Waals surface area contributed by atoms with Crippen molar-refractivity contribution in [3.63, 3.8) is 0 Å². The van der Waals surface area contributed by atoms with E-state index in [0.717, 1.165) is 11.1 Å². The fourth-order valence-corrected chi connectivity index (χ4v) is 0.798. The predicted octanol–water partition coefficient (Wildman–Crippen LogP) is 1.42. The second kappa shape index (κ2) is 2.19. The predicted molar refractivity (Wildman–Crippen MR) is 38.0 cm³/mol. The molecule has 1 aliphatic rings. The van der Waals surface area contributed by atoms with Crippen molar-refractivity contribution in [1.82, 2.24) is 0 Å². The Morgan fingerprint density at radius 2 is 2.33 bits per heavy atom. The molecule has 0 aromatic rings. The van der Waals surface area contributed by atoms with E-state index in [9.17, 15) is 5.11 Å². The zero-order valence-corrected chi connectivity index (χ0v) is 5.46. The van der Waals surface area contributed by atoms with Crippen LogP contribution in [-0.2, 0) is 0 Å². The SMILES string of the molecule is C=C1C=CC=C(C)C1O. The van der Waals surface area contributed by atoms with Gasteiger partial charge in [0, 0.05) is 0 Å². The molecule has 0 aliphatic heterocycles. The van der Waals surface area contributed by atoms with Crippen molar-refractivity contribution < 1.29 is 5.11 Å². The highest BCUT2D eigenvalue weighted by Gasteiger charge is 2.09. The Labute approximate surface area is 55.0 Å². The summed E-state index contributed by atoms with van der Waals surface area (Å²) in [6, 6.07) is 0. The summed E-state index contributed by atoms with van der Waals surface area (Å²) in [5, 5.41) is 9.23. The van der Waals surface area contributed by atoms with E-state index < -0.39 is 6.10 Å². The average molecular weight is 122 g/mol. The van der Waals surface area contributed by atoms with Gasteiger partial charge in [0.1, 0.15) is 0 Å². The highest BCUT2D eigenvalue weighted by molar-refractivity contribution is 5.36. The lowest BCUT2D eigenvalue weighted by molar-refractivity contribution is 0.250. The number of aliphatic hydroxyl groups excluding tert-OH is 1. The Bertz CT molecular complexity index is 187. The summed E-state index contributed by atoms with van der Waals surface area (Å²) in [5.41, 5.74) is 1.73. The molecule has 0 saturated carbocycles. The van der Waals surface area contributed by atoms with Gasteiger partial charge in [-0.1, -0.05) is 24.8 Å². The fourth-order valence-electron chi connectivity index (χ4n) is 0.798. The molecule has 1 aliphatic carbocycles. The first kappa shape index (κ1) is 6.30. The summed E-state index contributed by atoms with van der Waals surface area (Å²) in [5.74, 6) is 0. The fraction of sp³-hybridized carbons (Fsp3) is 0.250. The largest absolute Gasteiger partial charge is 0.384 e. The number of hydrogen-bond acceptors (Lipinski definition) is 1. The molecule has 0 saturated heterocycles. The van der Waals surface area contributed by atoms with Gasteiger partial charge >= 0.3 is 0 Å². The molecular formula is C8H10O. The van der Waals surface area contributed by atoms with Gasteiger partial charge in [-0.2, -0.15) is 0 Å². The van der Waals surface area contributed by atoms with Gasteiger partial charge in [0.25, 0.3) is 0 Å². The van der Waals surface area contributed by atoms with Gasteiger partial charge in [-0.05, 0) is 18.1 Å². The number of allylic oxidation sites excluding steroid dienone is 2. The Morgan fingerprint density at radius 1 is 1.67 bits per heavy atom. The van der Waals surface area contributed by atoms with Crippen molar-refractivity contribution >= 4 is 0 Å². The number of hydrogen-bond donors (Lipinski definition) is 1. The molecule has 1 atom stereocenters. The normalized spacial score (nSPS) is 26.2. The van der Waals surface area contributed by atoms with Crippen LogP contribution in [0.2, 0.25) is 0 Å². The minimum Gasteiger partial charge on any atom is -0.384 e. The van der Waals surface area contributed by atoms with Gasteiger partial charge in [0.05, 0.1) is 6.10 Å². The highest BCUT2D eigenvalue weighted by atomic mass is 16.3. The minimum absolute atomic E-state index is 0.449. The van der Waals surface area contributed by atoms with Crippen LogP contribution < -0.4 is 0 Å². The Balaban J connectivity index is 2.86. The third kappa shape index (κ3) is 1.11. The summed E-state index contributed by atoms with van der Waals surface area (Å²) >= 11 is 0. The van der Waals surface area contributed by atoms with Crippen molar-refractivity contribution in [2.24, 2.45) is 0 Å². The number of aliphatic hydroxyl groups is 1. The van der Waals surface area contributed by atoms with E-state index in [0.29, 0.717) is 0 Å². The molecule has 0 fully saturated rings. The van der Waals surface area contributed by atoms with Crippen molar-refractivity contribution in [1.29, 1.82) is 0 Å². The Morgan fingerprint density at radius 3 is 2.78 bits per heavy atom. The average Bonchev–Trinajstić information content (AvgIpc) is 1.83. The molecule has 1 rings (SSSR count). The van der Waals surface area contributed by atoms with Gasteiger partial charge in [-0.3, -0.25) is 0 Å². The molecule has 48 valence electrons. The van der Waals surface area contributed by atoms with Gasteiger partial charge in [-0.25, -0.2) is 0 Å². The molecule has 0 spiro atoms. The lowest BCUT2D eigenvalue weighted by Crippen LogP contribution is -2.11. The lowest BCUT2D eigenvalue weighted by Gasteiger charge is -2.13. The van der Waals surface area contributed by atoms with Crippen LogP contribution in [0.4, 0.5) is 0 Å². The summed E-state index contributed by atoms with van der Waals surface area (Å²) in [6.45, 7) is 5.56. The van der Waals surface area contributed by atoms with E-state index in [1.54, 1.807) is 0 Å². The molecule has 0 heterocycles. The molecule has 1 N–H and O–H groups in total. The highest BCUT2D eigenvalue weighted by Crippen LogP contribution is 2.15. The molecular weight excluding hydrogens is 112 g/mol. The summed E-state index contributed by atoms with van der Waals surface area (Å²) in [6.07, 6.45) is 5.15. The van der Waals surface area contributed by atoms with Crippen LogP contribution in [0.25, 0.3) is 0 Å². The van der Waals surface area contributed by atoms with Crippen molar-refractivity contribution in [3.05, 3.63) is 36.0 Å². The van der Waals surface area contributed by atoms with E-state index in [4.69, 9.17) is 0 Å². The maximum absolute atomic E-state index is 9.23. The van der Waals surface area contributed by atoms with E-state index in [1.807, 2.05) is 25.2 Å². The zero-order chi connectivity index (χ0) is 6.85. The van der Waals surface area contributed by atoms with Crippen LogP contribution in [0.1, 0.15) is 6.92 Å². The number of rotatable bonds is 0. The topological polar surface area (TPSA) is 20.2 Å². The van der Waals surface area contributed by atoms with Crippen LogP contribution in [0.3, 0.4) is 0 Å². The van der Waals surface area contributed by atoms with Gasteiger partial charge < -0.3 is 5.11 Å². The van der Waals surface area contributed by atoms with E-state index >= 15 is 0 Å². The molecule has 1 nitrogen and oxygen atoms in total. The summed E-state index contributed by atoms with van der Waals surface area (Å²) in [7, 11) is 0. The van der Waals surface area contributed by atoms with Gasteiger partial charge in [0.15, 0.2) is 0 Å². The third-order valence-corrected chi connectivity index (χ3v) is 1.45. The molecule has 0 amide bonds. The van der Waals surface area contributed by atoms with Crippen LogP contribution in [0, 0.1) is 0 Å². The smallest absolute Gasteiger partial charge is 0.0995 e. The molecule has 1 unspecified atom stereocenters. The first-order valence-corrected chi connectivity index (χ1v) is 2.93. The first-order valence-electron chi connectivity index (χ1n) is 2.93. The minimum atomic E-state index is -0.449. The van der Waals surface area contributed by atoms with Gasteiger partial charge in [-0.15, -0.1) is 0 Å². The first-order chi connectivity index (χ1) is 4.22. The molecule has 0 aromatic heterocycles. The van der Waals surface area contributed by atoms with Crippen LogP contribution >= 0.6 is 0 Å². The molecule has 0 bridgehead atoms.